The number of nitrogens with one attached hydrogen (secondary N) is 1. The molecule has 174 valence electrons. The van der Waals surface area contributed by atoms with Gasteiger partial charge < -0.3 is 15.0 Å². The van der Waals surface area contributed by atoms with Crippen LogP contribution in [0.15, 0.2) is 65.4 Å². The fraction of sp³-hybridized carbons (Fsp3) is 0.160. The number of aryl methyl sites for hydroxylation is 2. The number of nitrogens with zero attached hydrogens (tertiary/aromatic N) is 3. The van der Waals surface area contributed by atoms with Gasteiger partial charge in [-0.15, -0.1) is 0 Å². The van der Waals surface area contributed by atoms with Crippen LogP contribution in [-0.2, 0) is 6.54 Å². The van der Waals surface area contributed by atoms with Crippen molar-refractivity contribution in [2.45, 2.75) is 25.3 Å². The lowest BCUT2D eigenvalue weighted by molar-refractivity contribution is 0.0693. The molecule has 6 nitrogen and oxygen atoms in total. The molecule has 2 aromatic heterocycles. The third-order valence-electron chi connectivity index (χ3n) is 5.50. The molecule has 0 saturated carbocycles. The number of rotatable bonds is 8. The molecule has 0 fully saturated rings. The number of fused-ring (bicyclic) bond motifs is 1. The average molecular weight is 497 g/mol. The summed E-state index contributed by atoms with van der Waals surface area (Å²) in [4.78, 5) is 20.5. The Bertz CT molecular complexity index is 1400. The quantitative estimate of drug-likeness (QED) is 0.264. The molecular formula is C25H22ClFN4O2S. The molecule has 0 aliphatic heterocycles. The molecule has 0 radical (unpaired) electrons. The molecule has 0 saturated heterocycles. The second-order valence-corrected chi connectivity index (χ2v) is 9.03. The molecule has 2 heterocycles. The van der Waals surface area contributed by atoms with Crippen molar-refractivity contribution in [1.82, 2.24) is 14.5 Å². The lowest BCUT2D eigenvalue weighted by Crippen LogP contribution is -2.12. The Morgan fingerprint density at radius 3 is 2.79 bits per heavy atom. The molecule has 0 spiro atoms. The van der Waals surface area contributed by atoms with Crippen molar-refractivity contribution in [3.05, 3.63) is 82.4 Å². The van der Waals surface area contributed by atoms with Crippen LogP contribution < -0.4 is 5.32 Å². The average Bonchev–Trinajstić information content (AvgIpc) is 3.17. The standard InChI is InChI=1S/C25H22ClFN4O2S/c1-15-3-6-20(26)24-19(15)11-16(2)31(24)9-8-28-23-13-21(29-14-30-23)17-4-5-18(25(32)33)22(12-17)34-10-7-27/h3-7,10-14H,8-9H2,1-2H3,(H,32,33)(H,28,29,30)/b10-7+. The molecule has 9 heteroatoms. The van der Waals surface area contributed by atoms with Crippen molar-refractivity contribution in [1.29, 1.82) is 0 Å². The molecule has 0 atom stereocenters. The number of carbonyl (C=O) groups is 1. The molecule has 0 amide bonds. The summed E-state index contributed by atoms with van der Waals surface area (Å²) in [5.74, 6) is -0.434. The van der Waals surface area contributed by atoms with E-state index in [0.717, 1.165) is 33.4 Å². The molecule has 34 heavy (non-hydrogen) atoms. The summed E-state index contributed by atoms with van der Waals surface area (Å²) in [5.41, 5.74) is 4.77. The zero-order valence-corrected chi connectivity index (χ0v) is 20.1. The van der Waals surface area contributed by atoms with Gasteiger partial charge in [0.15, 0.2) is 0 Å². The third kappa shape index (κ3) is 4.93. The van der Waals surface area contributed by atoms with Crippen LogP contribution in [0.5, 0.6) is 0 Å². The zero-order valence-electron chi connectivity index (χ0n) is 18.5. The summed E-state index contributed by atoms with van der Waals surface area (Å²) in [6.45, 7) is 5.45. The lowest BCUT2D eigenvalue weighted by atomic mass is 10.1. The Labute approximate surface area is 205 Å². The maximum Gasteiger partial charge on any atom is 0.336 e. The van der Waals surface area contributed by atoms with E-state index in [0.29, 0.717) is 41.4 Å². The maximum atomic E-state index is 12.5. The highest BCUT2D eigenvalue weighted by atomic mass is 35.5. The molecule has 0 aliphatic carbocycles. The minimum atomic E-state index is -1.07. The first kappa shape index (κ1) is 23.8. The number of hydrogen-bond donors (Lipinski definition) is 2. The van der Waals surface area contributed by atoms with Gasteiger partial charge in [-0.05, 0) is 43.7 Å². The van der Waals surface area contributed by atoms with Crippen LogP contribution in [0.3, 0.4) is 0 Å². The van der Waals surface area contributed by atoms with Crippen LogP contribution in [0.1, 0.15) is 21.6 Å². The van der Waals surface area contributed by atoms with Gasteiger partial charge in [-0.1, -0.05) is 35.5 Å². The summed E-state index contributed by atoms with van der Waals surface area (Å²) < 4.78 is 14.7. The zero-order chi connectivity index (χ0) is 24.2. The van der Waals surface area contributed by atoms with Gasteiger partial charge >= 0.3 is 5.97 Å². The second kappa shape index (κ2) is 10.3. The van der Waals surface area contributed by atoms with E-state index in [1.165, 1.54) is 23.4 Å². The minimum absolute atomic E-state index is 0.0995. The summed E-state index contributed by atoms with van der Waals surface area (Å²) >= 11 is 7.48. The Balaban J connectivity index is 1.53. The van der Waals surface area contributed by atoms with Gasteiger partial charge in [0.05, 0.1) is 28.1 Å². The molecule has 4 rings (SSSR count). The largest absolute Gasteiger partial charge is 0.478 e. The minimum Gasteiger partial charge on any atom is -0.478 e. The predicted molar refractivity (Wildman–Crippen MR) is 135 cm³/mol. The van der Waals surface area contributed by atoms with E-state index in [1.807, 2.05) is 12.1 Å². The maximum absolute atomic E-state index is 12.5. The van der Waals surface area contributed by atoms with E-state index in [4.69, 9.17) is 11.6 Å². The van der Waals surface area contributed by atoms with E-state index in [-0.39, 0.29) is 5.56 Å². The van der Waals surface area contributed by atoms with Crippen LogP contribution >= 0.6 is 23.4 Å². The fourth-order valence-electron chi connectivity index (χ4n) is 3.85. The van der Waals surface area contributed by atoms with Crippen molar-refractivity contribution in [3.8, 4) is 11.3 Å². The first-order chi connectivity index (χ1) is 16.4. The number of hydrogen-bond acceptors (Lipinski definition) is 5. The normalized spacial score (nSPS) is 11.4. The van der Waals surface area contributed by atoms with Crippen LogP contribution in [0, 0.1) is 13.8 Å². The van der Waals surface area contributed by atoms with Crippen molar-refractivity contribution in [2.24, 2.45) is 0 Å². The van der Waals surface area contributed by atoms with Crippen LogP contribution in [0.2, 0.25) is 5.02 Å². The van der Waals surface area contributed by atoms with Gasteiger partial charge in [0.25, 0.3) is 0 Å². The van der Waals surface area contributed by atoms with Gasteiger partial charge in [0.1, 0.15) is 12.1 Å². The first-order valence-corrected chi connectivity index (χ1v) is 11.7. The number of carboxylic acids is 1. The highest BCUT2D eigenvalue weighted by Crippen LogP contribution is 2.31. The van der Waals surface area contributed by atoms with E-state index in [1.54, 1.807) is 18.2 Å². The molecule has 0 aliphatic rings. The van der Waals surface area contributed by atoms with E-state index < -0.39 is 5.97 Å². The highest BCUT2D eigenvalue weighted by Gasteiger charge is 2.13. The third-order valence-corrected chi connectivity index (χ3v) is 6.63. The molecular weight excluding hydrogens is 475 g/mol. The van der Waals surface area contributed by atoms with Crippen LogP contribution in [-0.4, -0.2) is 32.2 Å². The predicted octanol–water partition coefficient (Wildman–Crippen LogP) is 6.71. The van der Waals surface area contributed by atoms with Gasteiger partial charge in [0.2, 0.25) is 0 Å². The second-order valence-electron chi connectivity index (χ2n) is 7.68. The Kier molecular flexibility index (Phi) is 7.19. The molecule has 4 aromatic rings. The Morgan fingerprint density at radius 2 is 2.03 bits per heavy atom. The van der Waals surface area contributed by atoms with Crippen LogP contribution in [0.4, 0.5) is 10.2 Å². The van der Waals surface area contributed by atoms with Crippen molar-refractivity contribution in [3.63, 3.8) is 0 Å². The molecule has 0 unspecified atom stereocenters. The van der Waals surface area contributed by atoms with Crippen molar-refractivity contribution < 1.29 is 14.3 Å². The van der Waals surface area contributed by atoms with Gasteiger partial charge in [-0.25, -0.2) is 19.2 Å². The monoisotopic (exact) mass is 496 g/mol. The number of halogens is 2. The summed E-state index contributed by atoms with van der Waals surface area (Å²) in [5, 5.41) is 15.8. The smallest absolute Gasteiger partial charge is 0.336 e. The van der Waals surface area contributed by atoms with E-state index in [9.17, 15) is 14.3 Å². The number of benzene rings is 2. The summed E-state index contributed by atoms with van der Waals surface area (Å²) in [6, 6.07) is 12.7. The molecule has 2 N–H and O–H groups in total. The van der Waals surface area contributed by atoms with Gasteiger partial charge in [-0.2, -0.15) is 0 Å². The van der Waals surface area contributed by atoms with Gasteiger partial charge in [-0.3, -0.25) is 0 Å². The number of aromatic carboxylic acids is 1. The SMILES string of the molecule is Cc1ccc(Cl)c2c1cc(C)n2CCNc1cc(-c2ccc(C(=O)O)c(S/C=C/F)c2)ncn1. The number of aromatic nitrogens is 3. The topological polar surface area (TPSA) is 80.0 Å². The number of thioether (sulfide) groups is 1. The summed E-state index contributed by atoms with van der Waals surface area (Å²) in [7, 11) is 0. The molecule has 2 aromatic carbocycles. The van der Waals surface area contributed by atoms with Crippen LogP contribution in [0.25, 0.3) is 22.2 Å². The highest BCUT2D eigenvalue weighted by molar-refractivity contribution is 8.02. The van der Waals surface area contributed by atoms with E-state index >= 15 is 0 Å². The number of carboxylic acid groups (broad SMARTS) is 1. The lowest BCUT2D eigenvalue weighted by Gasteiger charge is -2.12. The molecule has 0 bridgehead atoms. The summed E-state index contributed by atoms with van der Waals surface area (Å²) in [6.07, 6.45) is 1.83. The van der Waals surface area contributed by atoms with E-state index in [2.05, 4.69) is 39.8 Å². The Morgan fingerprint density at radius 1 is 1.21 bits per heavy atom. The first-order valence-electron chi connectivity index (χ1n) is 10.5. The fourth-order valence-corrected chi connectivity index (χ4v) is 4.79. The van der Waals surface area contributed by atoms with Gasteiger partial charge in [0, 0.05) is 46.1 Å². The van der Waals surface area contributed by atoms with Crippen molar-refractivity contribution in [2.75, 3.05) is 11.9 Å². The number of anilines is 1. The van der Waals surface area contributed by atoms with Crippen molar-refractivity contribution >= 4 is 46.1 Å². The Hall–Kier alpha value is -3.36.